The summed E-state index contributed by atoms with van der Waals surface area (Å²) in [5.74, 6) is 0. The third kappa shape index (κ3) is 18.1. The van der Waals surface area contributed by atoms with Crippen LogP contribution in [-0.4, -0.2) is 25.0 Å². The molecule has 0 unspecified atom stereocenters. The molecule has 0 heterocycles. The van der Waals surface area contributed by atoms with Gasteiger partial charge in [-0.05, 0) is 12.8 Å². The predicted octanol–water partition coefficient (Wildman–Crippen LogP) is 5.62. The van der Waals surface area contributed by atoms with Crippen LogP contribution in [0, 0.1) is 0 Å². The van der Waals surface area contributed by atoms with E-state index < -0.39 is 21.5 Å². The van der Waals surface area contributed by atoms with E-state index in [1.165, 1.54) is 12.1 Å². The third-order valence-electron chi connectivity index (χ3n) is 3.38. The molecule has 0 spiro atoms. The lowest BCUT2D eigenvalue weighted by molar-refractivity contribution is 0.134. The van der Waals surface area contributed by atoms with Gasteiger partial charge in [-0.2, -0.15) is 0 Å². The van der Waals surface area contributed by atoms with Gasteiger partial charge in [-0.25, -0.2) is 21.1 Å². The molecule has 7 heteroatoms. The van der Waals surface area contributed by atoms with E-state index in [4.69, 9.17) is 0 Å². The van der Waals surface area contributed by atoms with E-state index in [9.17, 15) is 21.1 Å². The Morgan fingerprint density at radius 1 is 0.700 bits per heavy atom. The van der Waals surface area contributed by atoms with Crippen molar-refractivity contribution in [3.8, 4) is 0 Å². The van der Waals surface area contributed by atoms with Crippen molar-refractivity contribution in [2.75, 3.05) is 0 Å². The van der Waals surface area contributed by atoms with Gasteiger partial charge in [0, 0.05) is 22.0 Å². The highest BCUT2D eigenvalue weighted by Gasteiger charge is 2.35. The van der Waals surface area contributed by atoms with Gasteiger partial charge in [0.15, 0.2) is 0 Å². The Kier molecular flexibility index (Phi) is 12.9. The van der Waals surface area contributed by atoms with E-state index in [1.54, 1.807) is 0 Å². The molecular weight excluding hydrogens is 307 g/mol. The average molecular weight is 335 g/mol. The van der Waals surface area contributed by atoms with Gasteiger partial charge in [-0.1, -0.05) is 50.6 Å². The average Bonchev–Trinajstić information content (AvgIpc) is 2.33. The van der Waals surface area contributed by atoms with Gasteiger partial charge in [0.2, 0.25) is 6.43 Å². The lowest BCUT2D eigenvalue weighted by Gasteiger charge is -2.03. The van der Waals surface area contributed by atoms with Gasteiger partial charge < -0.3 is 0 Å². The van der Waals surface area contributed by atoms with E-state index in [2.05, 4.69) is 0 Å². The van der Waals surface area contributed by atoms with Gasteiger partial charge in [0.25, 0.3) is 0 Å². The van der Waals surface area contributed by atoms with Gasteiger partial charge in [0.1, 0.15) is 0 Å². The van der Waals surface area contributed by atoms with Crippen molar-refractivity contribution in [2.45, 2.75) is 82.3 Å². The molecule has 0 saturated carbocycles. The first-order chi connectivity index (χ1) is 9.42. The summed E-state index contributed by atoms with van der Waals surface area (Å²) in [5.41, 5.74) is 0. The first-order valence-corrected chi connectivity index (χ1v) is 11.6. The fraction of sp³-hybridized carbons (Fsp3) is 1.00. The lowest BCUT2D eigenvalue weighted by atomic mass is 10.2. The normalized spacial score (nSPS) is 12.9. The van der Waals surface area contributed by atoms with Crippen LogP contribution in [0.2, 0.25) is 18.1 Å². The Balaban J connectivity index is 3.03. The number of hydrogen-bond acceptors (Lipinski definition) is 0. The Morgan fingerprint density at radius 2 is 1.20 bits per heavy atom. The van der Waals surface area contributed by atoms with Crippen LogP contribution in [0.3, 0.4) is 0 Å². The number of hydrogen-bond donors (Lipinski definition) is 0. The predicted molar refractivity (Wildman–Crippen MR) is 79.6 cm³/mol. The molecule has 0 saturated heterocycles. The fourth-order valence-electron chi connectivity index (χ4n) is 2.22. The molecule has 0 nitrogen and oxygen atoms in total. The lowest BCUT2D eigenvalue weighted by Crippen LogP contribution is -2.13. The van der Waals surface area contributed by atoms with E-state index >= 15 is 0 Å². The van der Waals surface area contributed by atoms with Crippen molar-refractivity contribution in [2.24, 2.45) is 0 Å². The smallest absolute Gasteiger partial charge is 0.238 e. The summed E-state index contributed by atoms with van der Waals surface area (Å²) in [6.07, 6.45) is 4.65. The first-order valence-electron chi connectivity index (χ1n) is 7.77. The van der Waals surface area contributed by atoms with Crippen molar-refractivity contribution in [3.05, 3.63) is 0 Å². The Bertz CT molecular complexity index is 209. The van der Waals surface area contributed by atoms with Crippen molar-refractivity contribution >= 4 is 18.6 Å². The highest BCUT2D eigenvalue weighted by atomic mass is 28.5. The molecule has 0 rings (SSSR count). The fourth-order valence-corrected chi connectivity index (χ4v) is 4.63. The molecule has 0 aliphatic heterocycles. The zero-order chi connectivity index (χ0) is 15.3. The van der Waals surface area contributed by atoms with E-state index in [-0.39, 0.29) is 15.9 Å². The summed E-state index contributed by atoms with van der Waals surface area (Å²) < 4.78 is 59.7. The summed E-state index contributed by atoms with van der Waals surface area (Å²) in [5, 5.41) is 0. The standard InChI is InChI=1S/C13H27F5Si2/c14-13(15)9-5-1-2-6-10-19-11-7-3-4-8-12-20(16,17)18/h13H,1-12,19H2. The van der Waals surface area contributed by atoms with Crippen LogP contribution in [0.4, 0.5) is 21.1 Å². The molecule has 0 aromatic rings. The topological polar surface area (TPSA) is 0 Å². The number of halogens is 5. The molecule has 0 aliphatic carbocycles. The van der Waals surface area contributed by atoms with Crippen molar-refractivity contribution in [1.82, 2.24) is 0 Å². The van der Waals surface area contributed by atoms with Crippen molar-refractivity contribution in [3.63, 3.8) is 0 Å². The van der Waals surface area contributed by atoms with Crippen LogP contribution in [0.15, 0.2) is 0 Å². The molecule has 0 aromatic carbocycles. The second-order valence-electron chi connectivity index (χ2n) is 5.43. The summed E-state index contributed by atoms with van der Waals surface area (Å²) in [6, 6.07) is 1.97. The molecule has 122 valence electrons. The summed E-state index contributed by atoms with van der Waals surface area (Å²) in [6.45, 7) is 0. The van der Waals surface area contributed by atoms with Crippen LogP contribution in [0.25, 0.3) is 0 Å². The molecule has 0 radical (unpaired) electrons. The minimum atomic E-state index is -5.30. The first kappa shape index (κ1) is 20.1. The van der Waals surface area contributed by atoms with Crippen LogP contribution >= 0.6 is 0 Å². The number of alkyl halides is 2. The third-order valence-corrected chi connectivity index (χ3v) is 6.30. The highest BCUT2D eigenvalue weighted by Crippen LogP contribution is 2.19. The van der Waals surface area contributed by atoms with Gasteiger partial charge in [-0.15, -0.1) is 0 Å². The minimum Gasteiger partial charge on any atom is -0.238 e. The molecule has 0 aliphatic rings. The van der Waals surface area contributed by atoms with Crippen LogP contribution in [0.1, 0.15) is 57.8 Å². The minimum absolute atomic E-state index is 0.0260. The highest BCUT2D eigenvalue weighted by molar-refractivity contribution is 6.58. The van der Waals surface area contributed by atoms with Crippen LogP contribution in [0.5, 0.6) is 0 Å². The molecule has 0 N–H and O–H groups in total. The Hall–Kier alpha value is 0.0838. The molecule has 0 bridgehead atoms. The van der Waals surface area contributed by atoms with Gasteiger partial charge in [0.05, 0.1) is 0 Å². The maximum absolute atomic E-state index is 12.0. The van der Waals surface area contributed by atoms with Gasteiger partial charge >= 0.3 is 9.08 Å². The van der Waals surface area contributed by atoms with Crippen molar-refractivity contribution < 1.29 is 21.1 Å². The molecule has 0 aromatic heterocycles. The zero-order valence-corrected chi connectivity index (χ0v) is 14.6. The Morgan fingerprint density at radius 3 is 1.70 bits per heavy atom. The summed E-state index contributed by atoms with van der Waals surface area (Å²) in [7, 11) is -5.36. The van der Waals surface area contributed by atoms with Gasteiger partial charge in [-0.3, -0.25) is 0 Å². The molecule has 0 fully saturated rings. The van der Waals surface area contributed by atoms with E-state index in [0.717, 1.165) is 32.1 Å². The second-order valence-corrected chi connectivity index (χ2v) is 9.29. The molecule has 0 atom stereocenters. The van der Waals surface area contributed by atoms with Crippen LogP contribution < -0.4 is 0 Å². The van der Waals surface area contributed by atoms with Crippen molar-refractivity contribution in [1.29, 1.82) is 0 Å². The summed E-state index contributed by atoms with van der Waals surface area (Å²) >= 11 is 0. The SMILES string of the molecule is FC(F)CCCCCC[SiH2]CCCCCC[Si](F)(F)F. The summed E-state index contributed by atoms with van der Waals surface area (Å²) in [4.78, 5) is 0. The number of unbranched alkanes of at least 4 members (excludes halogenated alkanes) is 6. The van der Waals surface area contributed by atoms with E-state index in [0.29, 0.717) is 19.3 Å². The maximum Gasteiger partial charge on any atom is 0.616 e. The zero-order valence-electron chi connectivity index (χ0n) is 12.2. The molecule has 0 amide bonds. The Labute approximate surface area is 122 Å². The van der Waals surface area contributed by atoms with E-state index in [1.807, 2.05) is 0 Å². The number of rotatable bonds is 14. The molecular formula is C13H27F5Si2. The largest absolute Gasteiger partial charge is 0.616 e. The second kappa shape index (κ2) is 12.8. The molecule has 20 heavy (non-hydrogen) atoms. The maximum atomic E-state index is 12.0. The van der Waals surface area contributed by atoms with Crippen LogP contribution in [-0.2, 0) is 0 Å². The quantitative estimate of drug-likeness (QED) is 0.167. The monoisotopic (exact) mass is 334 g/mol.